The van der Waals surface area contributed by atoms with Gasteiger partial charge in [0.1, 0.15) is 0 Å². The Bertz CT molecular complexity index is 243. The van der Waals surface area contributed by atoms with E-state index in [9.17, 15) is 0 Å². The molecule has 0 unspecified atom stereocenters. The van der Waals surface area contributed by atoms with Crippen molar-refractivity contribution in [3.63, 3.8) is 0 Å². The Morgan fingerprint density at radius 3 is 3.00 bits per heavy atom. The molecule has 0 fully saturated rings. The lowest BCUT2D eigenvalue weighted by Gasteiger charge is -2.12. The summed E-state index contributed by atoms with van der Waals surface area (Å²) in [6.07, 6.45) is 7.47. The number of rotatable bonds is 5. The van der Waals surface area contributed by atoms with Gasteiger partial charge in [0.15, 0.2) is 0 Å². The summed E-state index contributed by atoms with van der Waals surface area (Å²) >= 11 is 5.51. The van der Waals surface area contributed by atoms with Crippen molar-refractivity contribution in [2.24, 2.45) is 0 Å². The van der Waals surface area contributed by atoms with Crippen LogP contribution in [0.4, 0.5) is 0 Å². The minimum Gasteiger partial charge on any atom is -0.472 e. The Balaban J connectivity index is 2.25. The van der Waals surface area contributed by atoms with Gasteiger partial charge in [-0.1, -0.05) is 12.2 Å². The molecule has 0 atom stereocenters. The third-order valence-electron chi connectivity index (χ3n) is 1.71. The van der Waals surface area contributed by atoms with E-state index in [1.165, 1.54) is 5.56 Å². The average molecular weight is 200 g/mol. The Morgan fingerprint density at radius 2 is 2.38 bits per heavy atom. The van der Waals surface area contributed by atoms with Gasteiger partial charge in [0.25, 0.3) is 0 Å². The van der Waals surface area contributed by atoms with Crippen LogP contribution in [0.1, 0.15) is 5.56 Å². The minimum absolute atomic E-state index is 0.583. The van der Waals surface area contributed by atoms with Crippen molar-refractivity contribution in [3.8, 4) is 0 Å². The molecule has 0 bridgehead atoms. The summed E-state index contributed by atoms with van der Waals surface area (Å²) in [5, 5.41) is 0. The molecule has 1 aromatic rings. The van der Waals surface area contributed by atoms with Gasteiger partial charge in [0, 0.05) is 24.5 Å². The molecule has 2 nitrogen and oxygen atoms in total. The highest BCUT2D eigenvalue weighted by atomic mass is 35.5. The lowest BCUT2D eigenvalue weighted by atomic mass is 10.3. The zero-order valence-electron chi connectivity index (χ0n) is 7.74. The smallest absolute Gasteiger partial charge is 0.0947 e. The molecule has 3 heteroatoms. The van der Waals surface area contributed by atoms with Crippen LogP contribution in [0.25, 0.3) is 0 Å². The van der Waals surface area contributed by atoms with E-state index in [4.69, 9.17) is 16.0 Å². The number of halogens is 1. The number of nitrogens with zero attached hydrogens (tertiary/aromatic N) is 1. The van der Waals surface area contributed by atoms with Crippen molar-refractivity contribution < 1.29 is 4.42 Å². The van der Waals surface area contributed by atoms with Gasteiger partial charge in [-0.2, -0.15) is 0 Å². The molecule has 0 spiro atoms. The van der Waals surface area contributed by atoms with E-state index < -0.39 is 0 Å². The molecule has 1 rings (SSSR count). The Labute approximate surface area is 83.8 Å². The van der Waals surface area contributed by atoms with Crippen molar-refractivity contribution in [2.45, 2.75) is 6.54 Å². The maximum atomic E-state index is 5.51. The summed E-state index contributed by atoms with van der Waals surface area (Å²) in [6.45, 7) is 1.82. The van der Waals surface area contributed by atoms with Crippen molar-refractivity contribution in [1.82, 2.24) is 4.90 Å². The minimum atomic E-state index is 0.583. The quantitative estimate of drug-likeness (QED) is 0.535. The molecule has 0 aromatic carbocycles. The second-order valence-corrected chi connectivity index (χ2v) is 3.26. The first-order valence-corrected chi connectivity index (χ1v) is 4.77. The lowest BCUT2D eigenvalue weighted by Crippen LogP contribution is -2.17. The summed E-state index contributed by atoms with van der Waals surface area (Å²) in [4.78, 5) is 2.19. The van der Waals surface area contributed by atoms with Gasteiger partial charge in [-0.05, 0) is 13.1 Å². The van der Waals surface area contributed by atoms with Crippen LogP contribution in [0.3, 0.4) is 0 Å². The van der Waals surface area contributed by atoms with E-state index in [2.05, 4.69) is 18.0 Å². The molecular weight excluding hydrogens is 186 g/mol. The summed E-state index contributed by atoms with van der Waals surface area (Å²) in [6, 6.07) is 1.97. The largest absolute Gasteiger partial charge is 0.472 e. The maximum Gasteiger partial charge on any atom is 0.0947 e. The van der Waals surface area contributed by atoms with Crippen LogP contribution in [-0.4, -0.2) is 24.4 Å². The van der Waals surface area contributed by atoms with Crippen molar-refractivity contribution in [3.05, 3.63) is 36.3 Å². The highest BCUT2D eigenvalue weighted by Gasteiger charge is 1.98. The van der Waals surface area contributed by atoms with Crippen molar-refractivity contribution >= 4 is 11.6 Å². The van der Waals surface area contributed by atoms with Crippen LogP contribution in [0.2, 0.25) is 0 Å². The maximum absolute atomic E-state index is 5.51. The number of furan rings is 1. The fraction of sp³-hybridized carbons (Fsp3) is 0.400. The molecule has 0 aliphatic heterocycles. The van der Waals surface area contributed by atoms with Gasteiger partial charge in [-0.25, -0.2) is 0 Å². The summed E-state index contributed by atoms with van der Waals surface area (Å²) in [5.41, 5.74) is 1.20. The van der Waals surface area contributed by atoms with E-state index in [0.717, 1.165) is 13.1 Å². The van der Waals surface area contributed by atoms with Gasteiger partial charge in [0.2, 0.25) is 0 Å². The zero-order chi connectivity index (χ0) is 9.52. The van der Waals surface area contributed by atoms with Crippen molar-refractivity contribution in [2.75, 3.05) is 19.5 Å². The van der Waals surface area contributed by atoms with Crippen LogP contribution in [0.15, 0.2) is 35.2 Å². The monoisotopic (exact) mass is 199 g/mol. The Morgan fingerprint density at radius 1 is 1.54 bits per heavy atom. The molecule has 72 valence electrons. The fourth-order valence-electron chi connectivity index (χ4n) is 1.08. The summed E-state index contributed by atoms with van der Waals surface area (Å²) in [5.74, 6) is 0.583. The molecule has 0 radical (unpaired) electrons. The van der Waals surface area contributed by atoms with Gasteiger partial charge >= 0.3 is 0 Å². The molecule has 0 saturated carbocycles. The van der Waals surface area contributed by atoms with E-state index in [1.807, 2.05) is 12.1 Å². The van der Waals surface area contributed by atoms with Crippen LogP contribution in [0.5, 0.6) is 0 Å². The van der Waals surface area contributed by atoms with Gasteiger partial charge in [-0.3, -0.25) is 4.90 Å². The molecule has 1 aromatic heterocycles. The molecule has 0 aliphatic carbocycles. The molecule has 0 saturated heterocycles. The Kier molecular flexibility index (Phi) is 4.65. The zero-order valence-corrected chi connectivity index (χ0v) is 8.50. The van der Waals surface area contributed by atoms with Crippen LogP contribution in [-0.2, 0) is 6.54 Å². The molecule has 0 N–H and O–H groups in total. The van der Waals surface area contributed by atoms with Gasteiger partial charge in [-0.15, -0.1) is 11.6 Å². The second kappa shape index (κ2) is 5.84. The predicted molar refractivity (Wildman–Crippen MR) is 54.9 cm³/mol. The van der Waals surface area contributed by atoms with E-state index in [0.29, 0.717) is 5.88 Å². The van der Waals surface area contributed by atoms with Crippen molar-refractivity contribution in [1.29, 1.82) is 0 Å². The van der Waals surface area contributed by atoms with Crippen LogP contribution < -0.4 is 0 Å². The van der Waals surface area contributed by atoms with E-state index in [1.54, 1.807) is 12.5 Å². The first kappa shape index (κ1) is 10.4. The third-order valence-corrected chi connectivity index (χ3v) is 1.88. The SMILES string of the molecule is CN(CC=CCCl)Cc1ccoc1. The fourth-order valence-corrected chi connectivity index (χ4v) is 1.20. The average Bonchev–Trinajstić information content (AvgIpc) is 2.57. The summed E-state index contributed by atoms with van der Waals surface area (Å²) in [7, 11) is 2.06. The number of hydrogen-bond acceptors (Lipinski definition) is 2. The van der Waals surface area contributed by atoms with E-state index in [-0.39, 0.29) is 0 Å². The molecule has 0 aliphatic rings. The van der Waals surface area contributed by atoms with Gasteiger partial charge in [0.05, 0.1) is 12.5 Å². The Hall–Kier alpha value is -0.730. The first-order valence-electron chi connectivity index (χ1n) is 4.23. The lowest BCUT2D eigenvalue weighted by molar-refractivity contribution is 0.361. The second-order valence-electron chi connectivity index (χ2n) is 2.95. The summed E-state index contributed by atoms with van der Waals surface area (Å²) < 4.78 is 4.98. The predicted octanol–water partition coefficient (Wildman–Crippen LogP) is 2.51. The topological polar surface area (TPSA) is 16.4 Å². The van der Waals surface area contributed by atoms with E-state index >= 15 is 0 Å². The number of alkyl halides is 1. The normalized spacial score (nSPS) is 11.6. The van der Waals surface area contributed by atoms with Gasteiger partial charge < -0.3 is 4.42 Å². The third kappa shape index (κ3) is 4.15. The number of hydrogen-bond donors (Lipinski definition) is 0. The highest BCUT2D eigenvalue weighted by molar-refractivity contribution is 6.18. The molecule has 13 heavy (non-hydrogen) atoms. The highest BCUT2D eigenvalue weighted by Crippen LogP contribution is 2.03. The van der Waals surface area contributed by atoms with Crippen LogP contribution in [0, 0.1) is 0 Å². The number of allylic oxidation sites excluding steroid dienone is 1. The number of likely N-dealkylation sites (N-methyl/N-ethyl adjacent to an activating group) is 1. The standard InChI is InChI=1S/C10H14ClNO/c1-12(6-3-2-5-11)8-10-4-7-13-9-10/h2-4,7,9H,5-6,8H2,1H3. The van der Waals surface area contributed by atoms with Crippen LogP contribution >= 0.6 is 11.6 Å². The first-order chi connectivity index (χ1) is 6.33. The molecule has 1 heterocycles. The molecule has 0 amide bonds. The molecular formula is C10H14ClNO.